The quantitative estimate of drug-likeness (QED) is 0.477. The summed E-state index contributed by atoms with van der Waals surface area (Å²) in [6.07, 6.45) is 1.31. The molecule has 0 saturated carbocycles. The molecule has 8 heteroatoms. The van der Waals surface area contributed by atoms with Gasteiger partial charge in [0.05, 0.1) is 17.7 Å². The van der Waals surface area contributed by atoms with Crippen molar-refractivity contribution in [3.63, 3.8) is 0 Å². The van der Waals surface area contributed by atoms with Crippen LogP contribution < -0.4 is 10.7 Å². The Hall–Kier alpha value is -2.93. The third-order valence-corrected chi connectivity index (χ3v) is 3.39. The van der Waals surface area contributed by atoms with Crippen LogP contribution in [0.1, 0.15) is 11.1 Å². The number of nitro benzene ring substituents is 1. The van der Waals surface area contributed by atoms with Crippen LogP contribution >= 0.6 is 11.6 Å². The number of hydrogen-bond acceptors (Lipinski definition) is 5. The van der Waals surface area contributed by atoms with Crippen LogP contribution in [0.4, 0.5) is 11.4 Å². The van der Waals surface area contributed by atoms with E-state index in [2.05, 4.69) is 15.8 Å². The summed E-state index contributed by atoms with van der Waals surface area (Å²) in [5.41, 5.74) is 4.54. The molecule has 1 amide bonds. The van der Waals surface area contributed by atoms with Crippen molar-refractivity contribution in [2.24, 2.45) is 5.10 Å². The number of nitrogens with one attached hydrogen (secondary N) is 2. The molecule has 0 spiro atoms. The second-order valence-electron chi connectivity index (χ2n) is 4.98. The van der Waals surface area contributed by atoms with Gasteiger partial charge < -0.3 is 5.32 Å². The summed E-state index contributed by atoms with van der Waals surface area (Å²) in [6.45, 7) is 2.04. The molecule has 124 valence electrons. The Labute approximate surface area is 143 Å². The predicted molar refractivity (Wildman–Crippen MR) is 93.5 cm³/mol. The Morgan fingerprint density at radius 1 is 1.29 bits per heavy atom. The number of benzene rings is 2. The lowest BCUT2D eigenvalue weighted by molar-refractivity contribution is -0.384. The molecule has 24 heavy (non-hydrogen) atoms. The first-order chi connectivity index (χ1) is 11.5. The number of carbonyl (C=O) groups excluding carboxylic acids is 1. The summed E-state index contributed by atoms with van der Waals surface area (Å²) in [5.74, 6) is -0.338. The summed E-state index contributed by atoms with van der Waals surface area (Å²) in [6, 6.07) is 11.9. The molecule has 0 unspecified atom stereocenters. The number of anilines is 1. The van der Waals surface area contributed by atoms with Gasteiger partial charge in [-0.3, -0.25) is 14.9 Å². The van der Waals surface area contributed by atoms with Crippen LogP contribution in [0.15, 0.2) is 47.6 Å². The highest BCUT2D eigenvalue weighted by atomic mass is 35.5. The highest BCUT2D eigenvalue weighted by Gasteiger charge is 2.11. The van der Waals surface area contributed by atoms with E-state index in [4.69, 9.17) is 11.6 Å². The zero-order valence-electron chi connectivity index (χ0n) is 12.8. The van der Waals surface area contributed by atoms with Crippen molar-refractivity contribution in [2.45, 2.75) is 6.92 Å². The predicted octanol–water partition coefficient (Wildman–Crippen LogP) is 3.12. The summed E-state index contributed by atoms with van der Waals surface area (Å²) >= 11 is 5.72. The monoisotopic (exact) mass is 346 g/mol. The van der Waals surface area contributed by atoms with Gasteiger partial charge >= 0.3 is 0 Å². The zero-order chi connectivity index (χ0) is 17.5. The molecule has 0 radical (unpaired) electrons. The first kappa shape index (κ1) is 17.4. The van der Waals surface area contributed by atoms with Crippen molar-refractivity contribution in [2.75, 3.05) is 11.9 Å². The summed E-state index contributed by atoms with van der Waals surface area (Å²) in [7, 11) is 0. The first-order valence-electron chi connectivity index (χ1n) is 7.02. The van der Waals surface area contributed by atoms with Gasteiger partial charge in [-0.1, -0.05) is 35.4 Å². The molecule has 7 nitrogen and oxygen atoms in total. The van der Waals surface area contributed by atoms with Crippen LogP contribution in [0.25, 0.3) is 0 Å². The highest BCUT2D eigenvalue weighted by molar-refractivity contribution is 6.32. The van der Waals surface area contributed by atoms with Crippen molar-refractivity contribution < 1.29 is 9.72 Å². The highest BCUT2D eigenvalue weighted by Crippen LogP contribution is 2.24. The van der Waals surface area contributed by atoms with E-state index >= 15 is 0 Å². The van der Waals surface area contributed by atoms with Crippen molar-refractivity contribution in [3.8, 4) is 0 Å². The van der Waals surface area contributed by atoms with Gasteiger partial charge in [0.1, 0.15) is 5.02 Å². The molecule has 0 atom stereocenters. The standard InChI is InChI=1S/C16H15ClN4O3/c1-11-2-5-13(6-3-11)18-10-16(22)20-19-9-12-4-7-14(17)15(8-12)21(23)24/h2-9,18H,10H2,1H3,(H,20,22)/b19-9-. The maximum atomic E-state index is 11.7. The molecule has 2 N–H and O–H groups in total. The molecule has 0 aliphatic carbocycles. The van der Waals surface area contributed by atoms with E-state index in [9.17, 15) is 14.9 Å². The van der Waals surface area contributed by atoms with E-state index in [1.165, 1.54) is 18.3 Å². The van der Waals surface area contributed by atoms with Gasteiger partial charge in [0.25, 0.3) is 11.6 Å². The first-order valence-corrected chi connectivity index (χ1v) is 7.40. The van der Waals surface area contributed by atoms with Crippen LogP contribution in [0, 0.1) is 17.0 Å². The van der Waals surface area contributed by atoms with Crippen molar-refractivity contribution in [3.05, 3.63) is 68.7 Å². The number of carbonyl (C=O) groups is 1. The molecule has 0 aliphatic heterocycles. The summed E-state index contributed by atoms with van der Waals surface area (Å²) < 4.78 is 0. The fourth-order valence-electron chi connectivity index (χ4n) is 1.82. The molecule has 0 bridgehead atoms. The Morgan fingerprint density at radius 2 is 2.00 bits per heavy atom. The van der Waals surface area contributed by atoms with E-state index in [1.54, 1.807) is 6.07 Å². The zero-order valence-corrected chi connectivity index (χ0v) is 13.6. The van der Waals surface area contributed by atoms with E-state index in [0.29, 0.717) is 5.56 Å². The Morgan fingerprint density at radius 3 is 2.67 bits per heavy atom. The van der Waals surface area contributed by atoms with Gasteiger partial charge in [-0.2, -0.15) is 5.10 Å². The Bertz CT molecular complexity index is 775. The van der Waals surface area contributed by atoms with Crippen molar-refractivity contribution >= 4 is 35.1 Å². The number of hydrogen-bond donors (Lipinski definition) is 2. The number of amides is 1. The van der Waals surface area contributed by atoms with Crippen LogP contribution in [0.5, 0.6) is 0 Å². The molecule has 0 heterocycles. The Kier molecular flexibility index (Phi) is 5.86. The second kappa shape index (κ2) is 8.07. The van der Waals surface area contributed by atoms with E-state index < -0.39 is 4.92 Å². The SMILES string of the molecule is Cc1ccc(NCC(=O)N/N=C\c2ccc(Cl)c([N+](=O)[O-])c2)cc1. The number of rotatable bonds is 6. The number of aryl methyl sites for hydroxylation is 1. The van der Waals surface area contributed by atoms with E-state index in [1.807, 2.05) is 31.2 Å². The molecule has 2 aromatic carbocycles. The molecule has 0 aliphatic rings. The lowest BCUT2D eigenvalue weighted by Gasteiger charge is -2.05. The van der Waals surface area contributed by atoms with Crippen molar-refractivity contribution in [1.29, 1.82) is 0 Å². The lowest BCUT2D eigenvalue weighted by atomic mass is 10.2. The van der Waals surface area contributed by atoms with Crippen LogP contribution in [0.3, 0.4) is 0 Å². The Balaban J connectivity index is 1.87. The van der Waals surface area contributed by atoms with Crippen LogP contribution in [0.2, 0.25) is 5.02 Å². The van der Waals surface area contributed by atoms with E-state index in [-0.39, 0.29) is 23.2 Å². The second-order valence-corrected chi connectivity index (χ2v) is 5.39. The molecular weight excluding hydrogens is 332 g/mol. The van der Waals surface area contributed by atoms with Gasteiger partial charge in [0.15, 0.2) is 0 Å². The summed E-state index contributed by atoms with van der Waals surface area (Å²) in [5, 5.41) is 17.6. The molecular formula is C16H15ClN4O3. The van der Waals surface area contributed by atoms with Crippen LogP contribution in [-0.4, -0.2) is 23.6 Å². The minimum Gasteiger partial charge on any atom is -0.376 e. The number of nitro groups is 1. The number of halogens is 1. The normalized spacial score (nSPS) is 10.6. The average molecular weight is 347 g/mol. The number of hydrazone groups is 1. The van der Waals surface area contributed by atoms with Gasteiger partial charge in [-0.15, -0.1) is 0 Å². The third kappa shape index (κ3) is 5.06. The topological polar surface area (TPSA) is 96.6 Å². The molecule has 2 aromatic rings. The fraction of sp³-hybridized carbons (Fsp3) is 0.125. The largest absolute Gasteiger partial charge is 0.376 e. The fourth-order valence-corrected chi connectivity index (χ4v) is 2.01. The maximum absolute atomic E-state index is 11.7. The van der Waals surface area contributed by atoms with Crippen LogP contribution in [-0.2, 0) is 4.79 Å². The average Bonchev–Trinajstić information content (AvgIpc) is 2.55. The lowest BCUT2D eigenvalue weighted by Crippen LogP contribution is -2.25. The van der Waals surface area contributed by atoms with Gasteiger partial charge in [0.2, 0.25) is 0 Å². The molecule has 2 rings (SSSR count). The smallest absolute Gasteiger partial charge is 0.288 e. The molecule has 0 aromatic heterocycles. The van der Waals surface area contributed by atoms with Gasteiger partial charge in [0, 0.05) is 17.3 Å². The van der Waals surface area contributed by atoms with E-state index in [0.717, 1.165) is 11.3 Å². The van der Waals surface area contributed by atoms with Crippen molar-refractivity contribution in [1.82, 2.24) is 5.43 Å². The van der Waals surface area contributed by atoms with Gasteiger partial charge in [-0.05, 0) is 25.1 Å². The maximum Gasteiger partial charge on any atom is 0.288 e. The minimum atomic E-state index is -0.580. The van der Waals surface area contributed by atoms with Gasteiger partial charge in [-0.25, -0.2) is 5.43 Å². The minimum absolute atomic E-state index is 0.0449. The summed E-state index contributed by atoms with van der Waals surface area (Å²) in [4.78, 5) is 21.9. The third-order valence-electron chi connectivity index (χ3n) is 3.07. The number of nitrogens with zero attached hydrogens (tertiary/aromatic N) is 2. The molecule has 0 fully saturated rings. The molecule has 0 saturated heterocycles.